The van der Waals surface area contributed by atoms with Crippen LogP contribution in [0.5, 0.6) is 0 Å². The average Bonchev–Trinajstić information content (AvgIpc) is 2.19. The van der Waals surface area contributed by atoms with Crippen LogP contribution in [-0.2, 0) is 4.79 Å². The highest BCUT2D eigenvalue weighted by molar-refractivity contribution is 5.93. The van der Waals surface area contributed by atoms with Crippen molar-refractivity contribution in [3.63, 3.8) is 0 Å². The molecule has 1 aromatic heterocycles. The Morgan fingerprint density at radius 2 is 2.07 bits per heavy atom. The molecule has 76 valence electrons. The SMILES string of the molecule is CC(C)(CN)C(=O)Nc1ncncn1. The molecule has 1 rings (SSSR count). The molecule has 0 aliphatic heterocycles. The van der Waals surface area contributed by atoms with Gasteiger partial charge in [0.15, 0.2) is 0 Å². The van der Waals surface area contributed by atoms with Crippen molar-refractivity contribution in [1.82, 2.24) is 15.0 Å². The Morgan fingerprint density at radius 1 is 1.50 bits per heavy atom. The van der Waals surface area contributed by atoms with Crippen LogP contribution >= 0.6 is 0 Å². The largest absolute Gasteiger partial charge is 0.329 e. The normalized spacial score (nSPS) is 11.1. The molecular weight excluding hydrogens is 182 g/mol. The van der Waals surface area contributed by atoms with Gasteiger partial charge in [0.2, 0.25) is 11.9 Å². The molecule has 0 aliphatic carbocycles. The van der Waals surface area contributed by atoms with E-state index in [-0.39, 0.29) is 18.4 Å². The summed E-state index contributed by atoms with van der Waals surface area (Å²) in [6.45, 7) is 3.77. The topological polar surface area (TPSA) is 93.8 Å². The van der Waals surface area contributed by atoms with Gasteiger partial charge in [0.25, 0.3) is 0 Å². The number of carbonyl (C=O) groups excluding carboxylic acids is 1. The van der Waals surface area contributed by atoms with Gasteiger partial charge in [-0.05, 0) is 13.8 Å². The Balaban J connectivity index is 2.67. The lowest BCUT2D eigenvalue weighted by Crippen LogP contribution is -2.37. The van der Waals surface area contributed by atoms with Gasteiger partial charge in [-0.2, -0.15) is 0 Å². The first-order valence-electron chi connectivity index (χ1n) is 4.20. The molecule has 0 atom stereocenters. The fourth-order valence-electron chi connectivity index (χ4n) is 0.667. The van der Waals surface area contributed by atoms with Crippen LogP contribution in [0.2, 0.25) is 0 Å². The third kappa shape index (κ3) is 2.46. The zero-order valence-corrected chi connectivity index (χ0v) is 8.19. The van der Waals surface area contributed by atoms with E-state index in [1.54, 1.807) is 13.8 Å². The van der Waals surface area contributed by atoms with E-state index in [0.29, 0.717) is 0 Å². The van der Waals surface area contributed by atoms with E-state index in [1.807, 2.05) is 0 Å². The number of nitrogens with zero attached hydrogens (tertiary/aromatic N) is 3. The van der Waals surface area contributed by atoms with Crippen LogP contribution in [0.15, 0.2) is 12.7 Å². The molecule has 6 heteroatoms. The van der Waals surface area contributed by atoms with E-state index < -0.39 is 5.41 Å². The number of hydrogen-bond donors (Lipinski definition) is 2. The van der Waals surface area contributed by atoms with Crippen LogP contribution in [0.4, 0.5) is 5.95 Å². The minimum absolute atomic E-state index is 0.203. The van der Waals surface area contributed by atoms with Gasteiger partial charge in [-0.25, -0.2) is 15.0 Å². The minimum Gasteiger partial charge on any atom is -0.329 e. The average molecular weight is 195 g/mol. The molecular formula is C8H13N5O. The number of rotatable bonds is 3. The Labute approximate surface area is 82.0 Å². The van der Waals surface area contributed by atoms with Crippen molar-refractivity contribution in [3.8, 4) is 0 Å². The predicted molar refractivity (Wildman–Crippen MR) is 51.3 cm³/mol. The molecule has 1 heterocycles. The Morgan fingerprint density at radius 3 is 2.57 bits per heavy atom. The molecule has 1 aromatic rings. The van der Waals surface area contributed by atoms with Crippen LogP contribution in [0, 0.1) is 5.41 Å². The van der Waals surface area contributed by atoms with Crippen molar-refractivity contribution in [3.05, 3.63) is 12.7 Å². The Kier molecular flexibility index (Phi) is 3.08. The van der Waals surface area contributed by atoms with E-state index in [9.17, 15) is 4.79 Å². The molecule has 0 fully saturated rings. The van der Waals surface area contributed by atoms with E-state index in [4.69, 9.17) is 5.73 Å². The second kappa shape index (κ2) is 4.10. The molecule has 14 heavy (non-hydrogen) atoms. The Bertz CT molecular complexity index is 311. The lowest BCUT2D eigenvalue weighted by atomic mass is 9.93. The van der Waals surface area contributed by atoms with Crippen molar-refractivity contribution in [1.29, 1.82) is 0 Å². The van der Waals surface area contributed by atoms with Gasteiger partial charge in [0.05, 0.1) is 5.41 Å². The fraction of sp³-hybridized carbons (Fsp3) is 0.500. The number of hydrogen-bond acceptors (Lipinski definition) is 5. The molecule has 0 saturated carbocycles. The molecule has 6 nitrogen and oxygen atoms in total. The quantitative estimate of drug-likeness (QED) is 0.696. The van der Waals surface area contributed by atoms with Gasteiger partial charge in [-0.3, -0.25) is 10.1 Å². The van der Waals surface area contributed by atoms with Crippen molar-refractivity contribution in [2.24, 2.45) is 11.1 Å². The van der Waals surface area contributed by atoms with Crippen molar-refractivity contribution in [2.45, 2.75) is 13.8 Å². The van der Waals surface area contributed by atoms with Gasteiger partial charge in [0, 0.05) is 6.54 Å². The molecule has 0 aliphatic rings. The summed E-state index contributed by atoms with van der Waals surface area (Å²) in [5.41, 5.74) is 4.83. The van der Waals surface area contributed by atoms with Gasteiger partial charge in [-0.1, -0.05) is 0 Å². The molecule has 3 N–H and O–H groups in total. The molecule has 0 aromatic carbocycles. The monoisotopic (exact) mass is 195 g/mol. The number of aromatic nitrogens is 3. The lowest BCUT2D eigenvalue weighted by molar-refractivity contribution is -0.123. The predicted octanol–water partition coefficient (Wildman–Crippen LogP) is -0.205. The fourth-order valence-corrected chi connectivity index (χ4v) is 0.667. The summed E-state index contributed by atoms with van der Waals surface area (Å²) in [6, 6.07) is 0. The first-order chi connectivity index (χ1) is 6.56. The maximum atomic E-state index is 11.6. The highest BCUT2D eigenvalue weighted by atomic mass is 16.2. The summed E-state index contributed by atoms with van der Waals surface area (Å²) >= 11 is 0. The summed E-state index contributed by atoms with van der Waals surface area (Å²) in [6.07, 6.45) is 2.64. The van der Waals surface area contributed by atoms with Crippen LogP contribution in [0.1, 0.15) is 13.8 Å². The third-order valence-electron chi connectivity index (χ3n) is 1.84. The number of carbonyl (C=O) groups is 1. The van der Waals surface area contributed by atoms with Crippen LogP contribution < -0.4 is 11.1 Å². The summed E-state index contributed by atoms with van der Waals surface area (Å²) in [5.74, 6) is 0.0396. The van der Waals surface area contributed by atoms with Gasteiger partial charge in [-0.15, -0.1) is 0 Å². The summed E-state index contributed by atoms with van der Waals surface area (Å²) < 4.78 is 0. The number of nitrogens with two attached hydrogens (primary N) is 1. The van der Waals surface area contributed by atoms with E-state index >= 15 is 0 Å². The highest BCUT2D eigenvalue weighted by Gasteiger charge is 2.26. The summed E-state index contributed by atoms with van der Waals surface area (Å²) in [4.78, 5) is 22.8. The Hall–Kier alpha value is -1.56. The second-order valence-electron chi connectivity index (χ2n) is 3.50. The maximum absolute atomic E-state index is 11.6. The number of anilines is 1. The van der Waals surface area contributed by atoms with Gasteiger partial charge >= 0.3 is 0 Å². The molecule has 1 amide bonds. The molecule has 0 radical (unpaired) electrons. The zero-order valence-electron chi connectivity index (χ0n) is 8.19. The second-order valence-corrected chi connectivity index (χ2v) is 3.50. The van der Waals surface area contributed by atoms with Gasteiger partial charge < -0.3 is 5.73 Å². The van der Waals surface area contributed by atoms with Crippen molar-refractivity contribution >= 4 is 11.9 Å². The van der Waals surface area contributed by atoms with E-state index in [0.717, 1.165) is 0 Å². The molecule has 0 saturated heterocycles. The van der Waals surface area contributed by atoms with Crippen molar-refractivity contribution in [2.75, 3.05) is 11.9 Å². The van der Waals surface area contributed by atoms with Crippen molar-refractivity contribution < 1.29 is 4.79 Å². The van der Waals surface area contributed by atoms with E-state index in [2.05, 4.69) is 20.3 Å². The van der Waals surface area contributed by atoms with Crippen LogP contribution in [0.25, 0.3) is 0 Å². The smallest absolute Gasteiger partial charge is 0.233 e. The lowest BCUT2D eigenvalue weighted by Gasteiger charge is -2.20. The molecule has 0 spiro atoms. The van der Waals surface area contributed by atoms with E-state index in [1.165, 1.54) is 12.7 Å². The summed E-state index contributed by atoms with van der Waals surface area (Å²) in [5, 5.41) is 2.55. The standard InChI is InChI=1S/C8H13N5O/c1-8(2,3-9)6(14)13-7-11-4-10-5-12-7/h4-5H,3,9H2,1-2H3,(H,10,11,12,13,14). The number of nitrogens with one attached hydrogen (secondary N) is 1. The highest BCUT2D eigenvalue weighted by Crippen LogP contribution is 2.14. The maximum Gasteiger partial charge on any atom is 0.233 e. The zero-order chi connectivity index (χ0) is 10.6. The third-order valence-corrected chi connectivity index (χ3v) is 1.84. The van der Waals surface area contributed by atoms with Gasteiger partial charge in [0.1, 0.15) is 12.7 Å². The molecule has 0 bridgehead atoms. The summed E-state index contributed by atoms with van der Waals surface area (Å²) in [7, 11) is 0. The minimum atomic E-state index is -0.618. The molecule has 0 unspecified atom stereocenters. The van der Waals surface area contributed by atoms with Crippen LogP contribution in [-0.4, -0.2) is 27.4 Å². The number of amides is 1. The first-order valence-corrected chi connectivity index (χ1v) is 4.20. The van der Waals surface area contributed by atoms with Crippen LogP contribution in [0.3, 0.4) is 0 Å². The first kappa shape index (κ1) is 10.5.